The summed E-state index contributed by atoms with van der Waals surface area (Å²) in [7, 11) is 1.59. The molecular formula is C7H11N3O. The second-order valence-corrected chi connectivity index (χ2v) is 2.10. The first kappa shape index (κ1) is 7.68. The quantitative estimate of drug-likeness (QED) is 0.330. The molecule has 0 bridgehead atoms. The van der Waals surface area contributed by atoms with Crippen molar-refractivity contribution in [1.29, 1.82) is 0 Å². The lowest BCUT2D eigenvalue weighted by Gasteiger charge is -2.05. The SMILES string of the molecule is COc1ccc(NN)c(N)c1. The third-order valence-electron chi connectivity index (χ3n) is 1.41. The van der Waals surface area contributed by atoms with Gasteiger partial charge in [0.05, 0.1) is 18.5 Å². The van der Waals surface area contributed by atoms with E-state index in [2.05, 4.69) is 5.43 Å². The van der Waals surface area contributed by atoms with Gasteiger partial charge in [0.15, 0.2) is 0 Å². The lowest BCUT2D eigenvalue weighted by atomic mass is 10.2. The molecule has 0 aliphatic rings. The van der Waals surface area contributed by atoms with E-state index in [4.69, 9.17) is 16.3 Å². The van der Waals surface area contributed by atoms with Crippen molar-refractivity contribution in [3.63, 3.8) is 0 Å². The average Bonchev–Trinajstić information content (AvgIpc) is 2.04. The number of rotatable bonds is 2. The van der Waals surface area contributed by atoms with Gasteiger partial charge in [-0.15, -0.1) is 0 Å². The number of hydrazine groups is 1. The molecule has 4 nitrogen and oxygen atoms in total. The third-order valence-corrected chi connectivity index (χ3v) is 1.41. The number of hydrogen-bond donors (Lipinski definition) is 3. The van der Waals surface area contributed by atoms with Crippen molar-refractivity contribution in [2.75, 3.05) is 18.3 Å². The smallest absolute Gasteiger partial charge is 0.121 e. The van der Waals surface area contributed by atoms with Crippen LogP contribution in [-0.4, -0.2) is 7.11 Å². The molecule has 11 heavy (non-hydrogen) atoms. The van der Waals surface area contributed by atoms with Gasteiger partial charge in [-0.3, -0.25) is 5.84 Å². The molecule has 0 saturated heterocycles. The Labute approximate surface area is 65.1 Å². The summed E-state index contributed by atoms with van der Waals surface area (Å²) in [6.45, 7) is 0. The van der Waals surface area contributed by atoms with Gasteiger partial charge in [0.25, 0.3) is 0 Å². The first-order valence-corrected chi connectivity index (χ1v) is 3.18. The minimum absolute atomic E-state index is 0.576. The average molecular weight is 153 g/mol. The Morgan fingerprint density at radius 1 is 1.45 bits per heavy atom. The van der Waals surface area contributed by atoms with Gasteiger partial charge in [-0.25, -0.2) is 0 Å². The molecule has 0 fully saturated rings. The molecule has 60 valence electrons. The Hall–Kier alpha value is -1.42. The van der Waals surface area contributed by atoms with Gasteiger partial charge >= 0.3 is 0 Å². The van der Waals surface area contributed by atoms with Crippen LogP contribution >= 0.6 is 0 Å². The highest BCUT2D eigenvalue weighted by molar-refractivity contribution is 5.67. The van der Waals surface area contributed by atoms with Gasteiger partial charge in [-0.2, -0.15) is 0 Å². The van der Waals surface area contributed by atoms with Crippen LogP contribution < -0.4 is 21.7 Å². The van der Waals surface area contributed by atoms with Crippen molar-refractivity contribution in [2.45, 2.75) is 0 Å². The van der Waals surface area contributed by atoms with Crippen molar-refractivity contribution < 1.29 is 4.74 Å². The number of benzene rings is 1. The van der Waals surface area contributed by atoms with E-state index in [9.17, 15) is 0 Å². The second-order valence-electron chi connectivity index (χ2n) is 2.10. The second kappa shape index (κ2) is 3.12. The van der Waals surface area contributed by atoms with Gasteiger partial charge in [0, 0.05) is 6.07 Å². The first-order valence-electron chi connectivity index (χ1n) is 3.18. The van der Waals surface area contributed by atoms with Gasteiger partial charge in [0.2, 0.25) is 0 Å². The summed E-state index contributed by atoms with van der Waals surface area (Å²) in [5.41, 5.74) is 9.33. The van der Waals surface area contributed by atoms with Crippen LogP contribution in [0, 0.1) is 0 Å². The molecule has 4 heteroatoms. The van der Waals surface area contributed by atoms with Crippen LogP contribution in [0.15, 0.2) is 18.2 Å². The molecule has 0 aliphatic carbocycles. The molecule has 5 N–H and O–H groups in total. The van der Waals surface area contributed by atoms with Crippen LogP contribution in [-0.2, 0) is 0 Å². The van der Waals surface area contributed by atoms with Crippen LogP contribution in [0.25, 0.3) is 0 Å². The number of anilines is 2. The Bertz CT molecular complexity index is 249. The third kappa shape index (κ3) is 1.53. The van der Waals surface area contributed by atoms with E-state index < -0.39 is 0 Å². The van der Waals surface area contributed by atoms with Gasteiger partial charge in [0.1, 0.15) is 5.75 Å². The molecule has 0 aromatic heterocycles. The van der Waals surface area contributed by atoms with E-state index in [1.165, 1.54) is 0 Å². The molecule has 1 aromatic rings. The van der Waals surface area contributed by atoms with Crippen molar-refractivity contribution in [1.82, 2.24) is 0 Å². The van der Waals surface area contributed by atoms with Crippen LogP contribution in [0.3, 0.4) is 0 Å². The van der Waals surface area contributed by atoms with Crippen LogP contribution in [0.5, 0.6) is 5.75 Å². The van der Waals surface area contributed by atoms with Gasteiger partial charge in [-0.05, 0) is 12.1 Å². The van der Waals surface area contributed by atoms with Crippen LogP contribution in [0.4, 0.5) is 11.4 Å². The van der Waals surface area contributed by atoms with E-state index in [0.717, 1.165) is 5.75 Å². The Kier molecular flexibility index (Phi) is 2.18. The zero-order valence-electron chi connectivity index (χ0n) is 6.29. The molecule has 0 heterocycles. The molecule has 0 radical (unpaired) electrons. The summed E-state index contributed by atoms with van der Waals surface area (Å²) < 4.78 is 4.95. The van der Waals surface area contributed by atoms with Crippen molar-refractivity contribution in [3.05, 3.63) is 18.2 Å². The minimum atomic E-state index is 0.576. The summed E-state index contributed by atoms with van der Waals surface area (Å²) in [5.74, 6) is 5.89. The zero-order chi connectivity index (χ0) is 8.27. The minimum Gasteiger partial charge on any atom is -0.497 e. The number of nitrogens with two attached hydrogens (primary N) is 2. The van der Waals surface area contributed by atoms with E-state index in [1.807, 2.05) is 0 Å². The molecule has 1 aromatic carbocycles. The molecule has 0 atom stereocenters. The number of ether oxygens (including phenoxy) is 1. The summed E-state index contributed by atoms with van der Waals surface area (Å²) in [4.78, 5) is 0. The van der Waals surface area contributed by atoms with E-state index in [1.54, 1.807) is 25.3 Å². The highest BCUT2D eigenvalue weighted by atomic mass is 16.5. The Morgan fingerprint density at radius 3 is 2.64 bits per heavy atom. The fraction of sp³-hybridized carbons (Fsp3) is 0.143. The number of methoxy groups -OCH3 is 1. The standard InChI is InChI=1S/C7H11N3O/c1-11-5-2-3-7(10-9)6(8)4-5/h2-4,10H,8-9H2,1H3. The van der Waals surface area contributed by atoms with Crippen LogP contribution in [0.1, 0.15) is 0 Å². The van der Waals surface area contributed by atoms with Crippen LogP contribution in [0.2, 0.25) is 0 Å². The van der Waals surface area contributed by atoms with Crippen molar-refractivity contribution in [2.24, 2.45) is 5.84 Å². The van der Waals surface area contributed by atoms with E-state index >= 15 is 0 Å². The molecule has 0 unspecified atom stereocenters. The highest BCUT2D eigenvalue weighted by Gasteiger charge is 1.97. The Morgan fingerprint density at radius 2 is 2.18 bits per heavy atom. The summed E-state index contributed by atoms with van der Waals surface area (Å²) in [6.07, 6.45) is 0. The normalized spacial score (nSPS) is 9.27. The molecule has 0 spiro atoms. The molecular weight excluding hydrogens is 142 g/mol. The van der Waals surface area contributed by atoms with Gasteiger partial charge in [-0.1, -0.05) is 0 Å². The lowest BCUT2D eigenvalue weighted by Crippen LogP contribution is -2.08. The van der Waals surface area contributed by atoms with E-state index in [-0.39, 0.29) is 0 Å². The summed E-state index contributed by atoms with van der Waals surface area (Å²) in [6, 6.07) is 5.24. The predicted octanol–water partition coefficient (Wildman–Crippen LogP) is 0.563. The monoisotopic (exact) mass is 153 g/mol. The largest absolute Gasteiger partial charge is 0.497 e. The van der Waals surface area contributed by atoms with Gasteiger partial charge < -0.3 is 15.9 Å². The number of nitrogens with one attached hydrogen (secondary N) is 1. The summed E-state index contributed by atoms with van der Waals surface area (Å²) >= 11 is 0. The highest BCUT2D eigenvalue weighted by Crippen LogP contribution is 2.22. The fourth-order valence-electron chi connectivity index (χ4n) is 0.799. The molecule has 0 amide bonds. The predicted molar refractivity (Wildman–Crippen MR) is 45.2 cm³/mol. The Balaban J connectivity index is 2.99. The molecule has 1 rings (SSSR count). The lowest BCUT2D eigenvalue weighted by molar-refractivity contribution is 0.415. The van der Waals surface area contributed by atoms with Crippen molar-refractivity contribution >= 4 is 11.4 Å². The maximum Gasteiger partial charge on any atom is 0.121 e. The van der Waals surface area contributed by atoms with Crippen molar-refractivity contribution in [3.8, 4) is 5.75 Å². The number of nitrogen functional groups attached to an aromatic ring is 2. The molecule has 0 saturated carbocycles. The maximum atomic E-state index is 5.58. The molecule has 0 aliphatic heterocycles. The first-order chi connectivity index (χ1) is 5.27. The van der Waals surface area contributed by atoms with E-state index in [0.29, 0.717) is 11.4 Å². The summed E-state index contributed by atoms with van der Waals surface area (Å²) in [5, 5.41) is 0. The fourth-order valence-corrected chi connectivity index (χ4v) is 0.799. The number of hydrogen-bond acceptors (Lipinski definition) is 4. The zero-order valence-corrected chi connectivity index (χ0v) is 6.29. The topological polar surface area (TPSA) is 73.3 Å². The maximum absolute atomic E-state index is 5.58.